The highest BCUT2D eigenvalue weighted by atomic mass is 16.5. The molecule has 1 atom stereocenters. The number of carbonyl (C=O) groups is 1. The number of carbonyl (C=O) groups excluding carboxylic acids is 1. The number of hydrogen-bond donors (Lipinski definition) is 1. The number of para-hydroxylation sites is 1. The van der Waals surface area contributed by atoms with Crippen LogP contribution in [0.3, 0.4) is 0 Å². The summed E-state index contributed by atoms with van der Waals surface area (Å²) in [4.78, 5) is 14.3. The average molecular weight is 338 g/mol. The van der Waals surface area contributed by atoms with Crippen molar-refractivity contribution in [2.45, 2.75) is 26.3 Å². The zero-order valence-electron chi connectivity index (χ0n) is 15.0. The van der Waals surface area contributed by atoms with Gasteiger partial charge < -0.3 is 15.0 Å². The third-order valence-electron chi connectivity index (χ3n) is 4.71. The lowest BCUT2D eigenvalue weighted by molar-refractivity contribution is -0.117. The first-order valence-corrected chi connectivity index (χ1v) is 8.93. The van der Waals surface area contributed by atoms with Gasteiger partial charge in [0.15, 0.2) is 0 Å². The third-order valence-corrected chi connectivity index (χ3v) is 4.71. The fourth-order valence-electron chi connectivity index (χ4n) is 3.47. The lowest BCUT2D eigenvalue weighted by Gasteiger charge is -2.17. The molecule has 1 heterocycles. The predicted molar refractivity (Wildman–Crippen MR) is 101 cm³/mol. The summed E-state index contributed by atoms with van der Waals surface area (Å²) < 4.78 is 5.46. The van der Waals surface area contributed by atoms with E-state index in [0.717, 1.165) is 37.5 Å². The molecule has 1 saturated heterocycles. The molecule has 1 fully saturated rings. The maximum atomic E-state index is 12.4. The van der Waals surface area contributed by atoms with Gasteiger partial charge in [-0.25, -0.2) is 0 Å². The van der Waals surface area contributed by atoms with Crippen LogP contribution >= 0.6 is 0 Å². The van der Waals surface area contributed by atoms with Crippen molar-refractivity contribution in [3.8, 4) is 5.75 Å². The van der Waals surface area contributed by atoms with Gasteiger partial charge in [-0.05, 0) is 42.6 Å². The Bertz CT molecular complexity index is 715. The van der Waals surface area contributed by atoms with Gasteiger partial charge in [0.1, 0.15) is 5.75 Å². The lowest BCUT2D eigenvalue weighted by atomic mass is 9.97. The molecular formula is C21H26N2O2. The number of amides is 1. The summed E-state index contributed by atoms with van der Waals surface area (Å²) in [6, 6.07) is 16.3. The van der Waals surface area contributed by atoms with Crippen molar-refractivity contribution >= 4 is 11.6 Å². The monoisotopic (exact) mass is 338 g/mol. The third kappa shape index (κ3) is 4.20. The standard InChI is InChI=1S/C21H26N2O2/c1-3-22-14-18-12-16(9-10-20(18)25-2)11-17-13-21(24)23(15-17)19-7-5-4-6-8-19/h4-10,12,17,22H,3,11,13-15H2,1-2H3/t17-/m1/s1. The fraction of sp³-hybridized carbons (Fsp3) is 0.381. The molecule has 0 spiro atoms. The SMILES string of the molecule is CCNCc1cc(C[C@@H]2CC(=O)N(c3ccccc3)C2)ccc1OC. The van der Waals surface area contributed by atoms with E-state index in [1.165, 1.54) is 11.1 Å². The first-order valence-electron chi connectivity index (χ1n) is 8.93. The molecule has 2 aromatic rings. The number of benzene rings is 2. The Labute approximate surface area is 149 Å². The number of ether oxygens (including phenoxy) is 1. The summed E-state index contributed by atoms with van der Waals surface area (Å²) in [7, 11) is 1.71. The van der Waals surface area contributed by atoms with Gasteiger partial charge in [-0.15, -0.1) is 0 Å². The van der Waals surface area contributed by atoms with E-state index in [1.54, 1.807) is 7.11 Å². The summed E-state index contributed by atoms with van der Waals surface area (Å²) in [5.41, 5.74) is 3.44. The maximum Gasteiger partial charge on any atom is 0.227 e. The average Bonchev–Trinajstić information content (AvgIpc) is 3.01. The topological polar surface area (TPSA) is 41.6 Å². The van der Waals surface area contributed by atoms with Gasteiger partial charge in [0, 0.05) is 30.8 Å². The van der Waals surface area contributed by atoms with Gasteiger partial charge in [-0.1, -0.05) is 37.3 Å². The van der Waals surface area contributed by atoms with Gasteiger partial charge >= 0.3 is 0 Å². The molecule has 25 heavy (non-hydrogen) atoms. The van der Waals surface area contributed by atoms with Crippen molar-refractivity contribution in [1.29, 1.82) is 0 Å². The van der Waals surface area contributed by atoms with E-state index in [-0.39, 0.29) is 5.91 Å². The normalized spacial score (nSPS) is 17.1. The van der Waals surface area contributed by atoms with Crippen molar-refractivity contribution < 1.29 is 9.53 Å². The highest BCUT2D eigenvalue weighted by Gasteiger charge is 2.30. The van der Waals surface area contributed by atoms with Crippen molar-refractivity contribution in [2.24, 2.45) is 5.92 Å². The molecule has 132 valence electrons. The van der Waals surface area contributed by atoms with Gasteiger partial charge in [-0.2, -0.15) is 0 Å². The molecule has 3 rings (SSSR count). The lowest BCUT2D eigenvalue weighted by Crippen LogP contribution is -2.24. The number of rotatable bonds is 7. The van der Waals surface area contributed by atoms with E-state index in [4.69, 9.17) is 4.74 Å². The van der Waals surface area contributed by atoms with Gasteiger partial charge in [0.2, 0.25) is 5.91 Å². The second-order valence-corrected chi connectivity index (χ2v) is 6.54. The second kappa shape index (κ2) is 8.17. The predicted octanol–water partition coefficient (Wildman–Crippen LogP) is 3.40. The minimum atomic E-state index is 0.220. The molecule has 0 radical (unpaired) electrons. The molecule has 4 heteroatoms. The molecule has 0 saturated carbocycles. The molecule has 1 aliphatic heterocycles. The Morgan fingerprint density at radius 2 is 2.00 bits per heavy atom. The zero-order valence-corrected chi connectivity index (χ0v) is 15.0. The molecule has 1 N–H and O–H groups in total. The fourth-order valence-corrected chi connectivity index (χ4v) is 3.47. The van der Waals surface area contributed by atoms with Crippen LogP contribution in [0.1, 0.15) is 24.5 Å². The van der Waals surface area contributed by atoms with Crippen molar-refractivity contribution in [3.63, 3.8) is 0 Å². The Kier molecular flexibility index (Phi) is 5.71. The molecule has 0 aliphatic carbocycles. The van der Waals surface area contributed by atoms with E-state index in [9.17, 15) is 4.79 Å². The van der Waals surface area contributed by atoms with Crippen LogP contribution in [0, 0.1) is 5.92 Å². The zero-order chi connectivity index (χ0) is 17.6. The molecular weight excluding hydrogens is 312 g/mol. The smallest absolute Gasteiger partial charge is 0.227 e. The van der Waals surface area contributed by atoms with Crippen molar-refractivity contribution in [1.82, 2.24) is 5.32 Å². The van der Waals surface area contributed by atoms with Gasteiger partial charge in [-0.3, -0.25) is 4.79 Å². The van der Waals surface area contributed by atoms with E-state index in [0.29, 0.717) is 12.3 Å². The van der Waals surface area contributed by atoms with Crippen LogP contribution in [0.5, 0.6) is 5.75 Å². The largest absolute Gasteiger partial charge is 0.496 e. The molecule has 0 bridgehead atoms. The van der Waals surface area contributed by atoms with Crippen LogP contribution in [0.4, 0.5) is 5.69 Å². The van der Waals surface area contributed by atoms with Crippen LogP contribution in [0.2, 0.25) is 0 Å². The van der Waals surface area contributed by atoms with Crippen LogP contribution in [-0.2, 0) is 17.8 Å². The van der Waals surface area contributed by atoms with E-state index < -0.39 is 0 Å². The molecule has 2 aromatic carbocycles. The van der Waals surface area contributed by atoms with Crippen LogP contribution in [-0.4, -0.2) is 26.1 Å². The summed E-state index contributed by atoms with van der Waals surface area (Å²) in [6.07, 6.45) is 1.53. The second-order valence-electron chi connectivity index (χ2n) is 6.54. The molecule has 1 aliphatic rings. The molecule has 4 nitrogen and oxygen atoms in total. The number of anilines is 1. The van der Waals surface area contributed by atoms with Crippen molar-refractivity contribution in [3.05, 3.63) is 59.7 Å². The van der Waals surface area contributed by atoms with Gasteiger partial charge in [0.05, 0.1) is 7.11 Å². The quantitative estimate of drug-likeness (QED) is 0.841. The Hall–Kier alpha value is -2.33. The van der Waals surface area contributed by atoms with Crippen LogP contribution < -0.4 is 15.0 Å². The minimum Gasteiger partial charge on any atom is -0.496 e. The Morgan fingerprint density at radius 3 is 2.72 bits per heavy atom. The van der Waals surface area contributed by atoms with Crippen molar-refractivity contribution in [2.75, 3.05) is 25.1 Å². The summed E-state index contributed by atoms with van der Waals surface area (Å²) >= 11 is 0. The first kappa shape index (κ1) is 17.5. The van der Waals surface area contributed by atoms with E-state index >= 15 is 0 Å². The Morgan fingerprint density at radius 1 is 1.20 bits per heavy atom. The molecule has 1 amide bonds. The van der Waals surface area contributed by atoms with Gasteiger partial charge in [0.25, 0.3) is 0 Å². The summed E-state index contributed by atoms with van der Waals surface area (Å²) in [5.74, 6) is 1.49. The maximum absolute atomic E-state index is 12.4. The highest BCUT2D eigenvalue weighted by molar-refractivity contribution is 5.95. The molecule has 0 unspecified atom stereocenters. The number of nitrogens with one attached hydrogen (secondary N) is 1. The highest BCUT2D eigenvalue weighted by Crippen LogP contribution is 2.28. The van der Waals surface area contributed by atoms with Crippen LogP contribution in [0.25, 0.3) is 0 Å². The first-order chi connectivity index (χ1) is 12.2. The summed E-state index contributed by atoms with van der Waals surface area (Å²) in [5, 5.41) is 3.35. The number of hydrogen-bond acceptors (Lipinski definition) is 3. The summed E-state index contributed by atoms with van der Waals surface area (Å²) in [6.45, 7) is 4.61. The van der Waals surface area contributed by atoms with Crippen LogP contribution in [0.15, 0.2) is 48.5 Å². The minimum absolute atomic E-state index is 0.220. The Balaban J connectivity index is 1.69. The van der Waals surface area contributed by atoms with E-state index in [1.807, 2.05) is 41.3 Å². The number of nitrogens with zero attached hydrogens (tertiary/aromatic N) is 1. The number of methoxy groups -OCH3 is 1. The molecule has 0 aromatic heterocycles. The van der Waals surface area contributed by atoms with E-state index in [2.05, 4.69) is 24.4 Å².